The highest BCUT2D eigenvalue weighted by molar-refractivity contribution is 5.91. The number of likely N-dealkylation sites (tertiary alicyclic amines) is 2. The van der Waals surface area contributed by atoms with Crippen molar-refractivity contribution in [3.8, 4) is 33.6 Å². The number of hydrogen-bond acceptors (Lipinski definition) is 8. The van der Waals surface area contributed by atoms with E-state index in [4.69, 9.17) is 19.4 Å². The number of imidazole rings is 2. The minimum absolute atomic E-state index is 0.0260. The number of hydrogen-bond donors (Lipinski definition) is 4. The molecule has 0 bridgehead atoms. The minimum Gasteiger partial charge on any atom is -0.453 e. The van der Waals surface area contributed by atoms with Gasteiger partial charge >= 0.3 is 6.09 Å². The van der Waals surface area contributed by atoms with Crippen LogP contribution in [0.25, 0.3) is 33.6 Å². The van der Waals surface area contributed by atoms with E-state index in [2.05, 4.69) is 69.1 Å². The molecule has 6 atom stereocenters. The Morgan fingerprint density at radius 1 is 0.758 bits per heavy atom. The highest BCUT2D eigenvalue weighted by atomic mass is 16.5. The standard InChI is InChI=1S/C48H56N8O6/c1-5-29(2)41(54-48(60)62-4)46(58)55-23-9-12-39(55)43-49-25-37(51-43)33-17-13-31(14-18-33)32-15-19-34(20-16-32)38-26-50-44(52-38)40-24-30(28-61-3)27-56(40)47(59)42(35-10-7-6-8-11-35)53-45(57)36-21-22-36/h6-8,10-11,13-20,25-26,29-30,36,39-42H,5,9,12,21-24,27-28H2,1-4H3,(H,49,51)(H,50,52)(H,53,57)(H,54,60)/t29-,30-,39-,40-,41-,42+/m0/s1. The first kappa shape index (κ1) is 42.4. The number of amides is 4. The van der Waals surface area contributed by atoms with Gasteiger partial charge in [0, 0.05) is 32.0 Å². The molecule has 3 fully saturated rings. The Balaban J connectivity index is 0.943. The molecule has 5 aromatic rings. The van der Waals surface area contributed by atoms with E-state index in [1.807, 2.05) is 66.4 Å². The van der Waals surface area contributed by atoms with Crippen LogP contribution in [-0.2, 0) is 23.9 Å². The summed E-state index contributed by atoms with van der Waals surface area (Å²) in [4.78, 5) is 73.4. The Hall–Kier alpha value is -6.28. The maximum atomic E-state index is 14.4. The van der Waals surface area contributed by atoms with Crippen LogP contribution >= 0.6 is 0 Å². The first-order chi connectivity index (χ1) is 30.1. The second-order valence-corrected chi connectivity index (χ2v) is 16.9. The number of carbonyl (C=O) groups is 4. The molecule has 2 saturated heterocycles. The molecule has 2 aliphatic heterocycles. The predicted octanol–water partition coefficient (Wildman–Crippen LogP) is 7.37. The fourth-order valence-corrected chi connectivity index (χ4v) is 8.84. The number of ether oxygens (including phenoxy) is 2. The van der Waals surface area contributed by atoms with Gasteiger partial charge in [-0.15, -0.1) is 0 Å². The van der Waals surface area contributed by atoms with Gasteiger partial charge in [0.1, 0.15) is 23.7 Å². The molecule has 3 aliphatic rings. The van der Waals surface area contributed by atoms with Crippen molar-refractivity contribution >= 4 is 23.8 Å². The Morgan fingerprint density at radius 2 is 1.35 bits per heavy atom. The van der Waals surface area contributed by atoms with Crippen molar-refractivity contribution in [3.63, 3.8) is 0 Å². The molecule has 4 N–H and O–H groups in total. The first-order valence-corrected chi connectivity index (χ1v) is 21.8. The van der Waals surface area contributed by atoms with Gasteiger partial charge in [0.05, 0.1) is 49.6 Å². The van der Waals surface area contributed by atoms with E-state index in [-0.39, 0.29) is 47.6 Å². The molecule has 14 nitrogen and oxygen atoms in total. The molecule has 2 aromatic heterocycles. The summed E-state index contributed by atoms with van der Waals surface area (Å²) in [7, 11) is 2.98. The molecule has 62 heavy (non-hydrogen) atoms. The summed E-state index contributed by atoms with van der Waals surface area (Å²) < 4.78 is 10.3. The van der Waals surface area contributed by atoms with E-state index >= 15 is 0 Å². The Kier molecular flexibility index (Phi) is 12.8. The Morgan fingerprint density at radius 3 is 1.92 bits per heavy atom. The van der Waals surface area contributed by atoms with Crippen LogP contribution in [0.15, 0.2) is 91.3 Å². The summed E-state index contributed by atoms with van der Waals surface area (Å²) in [6.07, 6.45) is 7.77. The van der Waals surface area contributed by atoms with Crippen LogP contribution in [0.3, 0.4) is 0 Å². The zero-order chi connectivity index (χ0) is 43.3. The zero-order valence-corrected chi connectivity index (χ0v) is 35.8. The zero-order valence-electron chi connectivity index (χ0n) is 35.8. The number of alkyl carbamates (subject to hydrolysis) is 1. The fraction of sp³-hybridized carbons (Fsp3) is 0.417. The summed E-state index contributed by atoms with van der Waals surface area (Å²) in [6.45, 7) is 5.57. The van der Waals surface area contributed by atoms with Crippen LogP contribution in [0.5, 0.6) is 0 Å². The predicted molar refractivity (Wildman–Crippen MR) is 234 cm³/mol. The molecule has 1 saturated carbocycles. The number of benzene rings is 3. The van der Waals surface area contributed by atoms with Crippen LogP contribution in [0.4, 0.5) is 4.79 Å². The largest absolute Gasteiger partial charge is 0.453 e. The topological polar surface area (TPSA) is 175 Å². The van der Waals surface area contributed by atoms with Gasteiger partial charge in [-0.05, 0) is 65.8 Å². The van der Waals surface area contributed by atoms with E-state index in [9.17, 15) is 19.2 Å². The SMILES string of the molecule is CC[C@H](C)[C@H](NC(=O)OC)C(=O)N1CCC[C@H]1c1ncc(-c2ccc(-c3ccc(-c4cnc([C@@H]5C[C@H](COC)CN5C(=O)[C@H](NC(=O)C5CC5)c5ccccc5)[nH]4)cc3)cc2)[nH]1. The highest BCUT2D eigenvalue weighted by Crippen LogP contribution is 2.39. The molecule has 4 amide bonds. The van der Waals surface area contributed by atoms with Crippen molar-refractivity contribution < 1.29 is 28.7 Å². The molecule has 0 unspecified atom stereocenters. The molecule has 3 aromatic carbocycles. The number of H-pyrrole nitrogens is 2. The van der Waals surface area contributed by atoms with E-state index in [0.717, 1.165) is 77.1 Å². The third-order valence-corrected chi connectivity index (χ3v) is 12.7. The highest BCUT2D eigenvalue weighted by Gasteiger charge is 2.42. The Labute approximate surface area is 362 Å². The van der Waals surface area contributed by atoms with Crippen molar-refractivity contribution in [3.05, 3.63) is 108 Å². The van der Waals surface area contributed by atoms with Crippen LogP contribution in [-0.4, -0.2) is 93.5 Å². The summed E-state index contributed by atoms with van der Waals surface area (Å²) in [5, 5.41) is 5.81. The summed E-state index contributed by atoms with van der Waals surface area (Å²) in [5.41, 5.74) is 6.51. The Bertz CT molecular complexity index is 2340. The van der Waals surface area contributed by atoms with E-state index in [1.54, 1.807) is 7.11 Å². The number of carbonyl (C=O) groups excluding carboxylic acids is 4. The van der Waals surface area contributed by atoms with Crippen molar-refractivity contribution in [1.82, 2.24) is 40.4 Å². The lowest BCUT2D eigenvalue weighted by atomic mass is 9.97. The molecular weight excluding hydrogens is 785 g/mol. The monoisotopic (exact) mass is 840 g/mol. The molecule has 0 spiro atoms. The number of nitrogens with one attached hydrogen (secondary N) is 4. The number of nitrogens with zero attached hydrogens (tertiary/aromatic N) is 4. The fourth-order valence-electron chi connectivity index (χ4n) is 8.84. The number of methoxy groups -OCH3 is 2. The van der Waals surface area contributed by atoms with Gasteiger partial charge in [-0.3, -0.25) is 14.4 Å². The normalized spacial score (nSPS) is 20.1. The van der Waals surface area contributed by atoms with Gasteiger partial charge in [-0.25, -0.2) is 14.8 Å². The number of aromatic nitrogens is 4. The van der Waals surface area contributed by atoms with Gasteiger partial charge in [0.15, 0.2) is 0 Å². The van der Waals surface area contributed by atoms with Gasteiger partial charge in [0.2, 0.25) is 17.7 Å². The van der Waals surface area contributed by atoms with E-state index in [0.29, 0.717) is 31.9 Å². The van der Waals surface area contributed by atoms with Crippen molar-refractivity contribution in [2.45, 2.75) is 76.5 Å². The summed E-state index contributed by atoms with van der Waals surface area (Å²) >= 11 is 0. The minimum atomic E-state index is -0.784. The van der Waals surface area contributed by atoms with Crippen molar-refractivity contribution in [2.24, 2.45) is 17.8 Å². The lowest BCUT2D eigenvalue weighted by Gasteiger charge is -2.30. The maximum absolute atomic E-state index is 14.4. The smallest absolute Gasteiger partial charge is 0.407 e. The lowest BCUT2D eigenvalue weighted by molar-refractivity contribution is -0.138. The number of rotatable bonds is 15. The van der Waals surface area contributed by atoms with Crippen LogP contribution in [0, 0.1) is 17.8 Å². The lowest BCUT2D eigenvalue weighted by Crippen LogP contribution is -2.51. The molecule has 0 radical (unpaired) electrons. The van der Waals surface area contributed by atoms with Gasteiger partial charge in [-0.1, -0.05) is 99.1 Å². The van der Waals surface area contributed by atoms with E-state index < -0.39 is 18.2 Å². The molecule has 8 rings (SSSR count). The second-order valence-electron chi connectivity index (χ2n) is 16.9. The second kappa shape index (κ2) is 18.8. The van der Waals surface area contributed by atoms with Gasteiger partial charge in [-0.2, -0.15) is 0 Å². The van der Waals surface area contributed by atoms with Crippen LogP contribution < -0.4 is 10.6 Å². The summed E-state index contributed by atoms with van der Waals surface area (Å²) in [6, 6.07) is 24.1. The third kappa shape index (κ3) is 9.15. The molecule has 4 heterocycles. The molecule has 14 heteroatoms. The van der Waals surface area contributed by atoms with E-state index in [1.165, 1.54) is 7.11 Å². The third-order valence-electron chi connectivity index (χ3n) is 12.7. The van der Waals surface area contributed by atoms with Crippen molar-refractivity contribution in [2.75, 3.05) is 33.9 Å². The first-order valence-electron chi connectivity index (χ1n) is 21.8. The molecule has 1 aliphatic carbocycles. The quantitative estimate of drug-likeness (QED) is 0.0846. The summed E-state index contributed by atoms with van der Waals surface area (Å²) in [5.74, 6) is 1.12. The van der Waals surface area contributed by atoms with Crippen molar-refractivity contribution in [1.29, 1.82) is 0 Å². The van der Waals surface area contributed by atoms with Crippen LogP contribution in [0.1, 0.15) is 87.7 Å². The number of aromatic amines is 2. The molecule has 324 valence electrons. The maximum Gasteiger partial charge on any atom is 0.407 e. The average molecular weight is 841 g/mol. The van der Waals surface area contributed by atoms with Crippen LogP contribution in [0.2, 0.25) is 0 Å². The average Bonchev–Trinajstić information content (AvgIpc) is 3.70. The van der Waals surface area contributed by atoms with Gasteiger partial charge < -0.3 is 39.9 Å². The molecular formula is C48H56N8O6. The van der Waals surface area contributed by atoms with Gasteiger partial charge in [0.25, 0.3) is 0 Å².